The molecule has 2 rings (SSSR count). The summed E-state index contributed by atoms with van der Waals surface area (Å²) in [6.07, 6.45) is -4.35. The van der Waals surface area contributed by atoms with Crippen LogP contribution in [0.4, 0.5) is 24.9 Å². The minimum absolute atomic E-state index is 0.106. The molecule has 0 saturated heterocycles. The van der Waals surface area contributed by atoms with Crippen LogP contribution in [-0.4, -0.2) is 17.2 Å². The summed E-state index contributed by atoms with van der Waals surface area (Å²) in [5.41, 5.74) is -0.275. The maximum Gasteiger partial charge on any atom is 0.416 e. The minimum Gasteiger partial charge on any atom is -0.406 e. The third-order valence-electron chi connectivity index (χ3n) is 2.71. The molecule has 1 heterocycles. The van der Waals surface area contributed by atoms with E-state index in [1.54, 1.807) is 7.05 Å². The third kappa shape index (κ3) is 3.27. The molecule has 8 heteroatoms. The van der Waals surface area contributed by atoms with Gasteiger partial charge in [-0.2, -0.15) is 13.2 Å². The number of hydrogen-bond acceptors (Lipinski definition) is 5. The molecule has 20 heavy (non-hydrogen) atoms. The number of hydrogen-bond donors (Lipinski definition) is 2. The molecule has 108 valence electrons. The number of halogens is 3. The molecule has 1 atom stereocenters. The van der Waals surface area contributed by atoms with Crippen molar-refractivity contribution < 1.29 is 17.6 Å². The summed E-state index contributed by atoms with van der Waals surface area (Å²) in [7, 11) is 1.75. The summed E-state index contributed by atoms with van der Waals surface area (Å²) >= 11 is 0. The highest BCUT2D eigenvalue weighted by molar-refractivity contribution is 5.52. The first-order valence-corrected chi connectivity index (χ1v) is 5.85. The molecule has 2 N–H and O–H groups in total. The van der Waals surface area contributed by atoms with E-state index in [9.17, 15) is 13.2 Å². The maximum atomic E-state index is 12.4. The number of alkyl halides is 3. The Balaban J connectivity index is 2.08. The average molecular weight is 286 g/mol. The van der Waals surface area contributed by atoms with Gasteiger partial charge in [0.1, 0.15) is 0 Å². The van der Waals surface area contributed by atoms with Crippen molar-refractivity contribution in [3.8, 4) is 0 Å². The highest BCUT2D eigenvalue weighted by atomic mass is 19.4. The number of nitrogens with one attached hydrogen (secondary N) is 2. The van der Waals surface area contributed by atoms with Gasteiger partial charge in [-0.3, -0.25) is 0 Å². The smallest absolute Gasteiger partial charge is 0.406 e. The van der Waals surface area contributed by atoms with Gasteiger partial charge in [-0.15, -0.1) is 5.10 Å². The van der Waals surface area contributed by atoms with Crippen LogP contribution in [0.5, 0.6) is 0 Å². The predicted octanol–water partition coefficient (Wildman–Crippen LogP) is 3.11. The molecule has 0 radical (unpaired) electrons. The lowest BCUT2D eigenvalue weighted by atomic mass is 10.2. The zero-order valence-electron chi connectivity index (χ0n) is 10.8. The second-order valence-electron chi connectivity index (χ2n) is 4.16. The van der Waals surface area contributed by atoms with Crippen molar-refractivity contribution in [3.63, 3.8) is 0 Å². The molecule has 0 bridgehead atoms. The molecular weight excluding hydrogens is 273 g/mol. The van der Waals surface area contributed by atoms with E-state index >= 15 is 0 Å². The van der Waals surface area contributed by atoms with Crippen LogP contribution >= 0.6 is 0 Å². The Morgan fingerprint density at radius 1 is 1.15 bits per heavy atom. The van der Waals surface area contributed by atoms with Crippen molar-refractivity contribution >= 4 is 11.7 Å². The van der Waals surface area contributed by atoms with Gasteiger partial charge in [0, 0.05) is 5.69 Å². The monoisotopic (exact) mass is 286 g/mol. The second-order valence-corrected chi connectivity index (χ2v) is 4.16. The van der Waals surface area contributed by atoms with Crippen molar-refractivity contribution in [2.75, 3.05) is 12.4 Å². The lowest BCUT2D eigenvalue weighted by Gasteiger charge is -2.07. The molecule has 2 aromatic rings. The standard InChI is InChI=1S/C12H13F3N4O/c1-7(16-2)10-18-19-11(20-10)17-9-5-3-8(4-6-9)12(13,14)15/h3-7,16H,1-2H3,(H,17,19). The first kappa shape index (κ1) is 14.3. The summed E-state index contributed by atoms with van der Waals surface area (Å²) in [6.45, 7) is 1.84. The lowest BCUT2D eigenvalue weighted by Crippen LogP contribution is -2.12. The van der Waals surface area contributed by atoms with Crippen LogP contribution in [0, 0.1) is 0 Å². The number of aromatic nitrogens is 2. The summed E-state index contributed by atoms with van der Waals surface area (Å²) in [4.78, 5) is 0. The molecule has 1 aromatic heterocycles. The fraction of sp³-hybridized carbons (Fsp3) is 0.333. The lowest BCUT2D eigenvalue weighted by molar-refractivity contribution is -0.137. The van der Waals surface area contributed by atoms with Gasteiger partial charge < -0.3 is 15.1 Å². The van der Waals surface area contributed by atoms with Gasteiger partial charge in [0.05, 0.1) is 11.6 Å². The van der Waals surface area contributed by atoms with Crippen LogP contribution in [0.2, 0.25) is 0 Å². The molecule has 0 aliphatic heterocycles. The fourth-order valence-electron chi connectivity index (χ4n) is 1.45. The zero-order valence-corrected chi connectivity index (χ0v) is 10.8. The molecule has 0 fully saturated rings. The van der Waals surface area contributed by atoms with Crippen LogP contribution in [0.15, 0.2) is 28.7 Å². The van der Waals surface area contributed by atoms with E-state index < -0.39 is 11.7 Å². The number of rotatable bonds is 4. The summed E-state index contributed by atoms with van der Waals surface area (Å²) in [5, 5.41) is 13.3. The van der Waals surface area contributed by atoms with E-state index in [1.165, 1.54) is 12.1 Å². The van der Waals surface area contributed by atoms with Crippen molar-refractivity contribution in [2.45, 2.75) is 19.1 Å². The Bertz CT molecular complexity index is 565. The normalized spacial score (nSPS) is 13.2. The number of anilines is 2. The highest BCUT2D eigenvalue weighted by Crippen LogP contribution is 2.30. The van der Waals surface area contributed by atoms with Crippen LogP contribution in [0.25, 0.3) is 0 Å². The zero-order chi connectivity index (χ0) is 14.8. The van der Waals surface area contributed by atoms with Crippen molar-refractivity contribution in [1.29, 1.82) is 0 Å². The number of nitrogens with zero attached hydrogens (tertiary/aromatic N) is 2. The Labute approximate surface area is 113 Å². The first-order chi connectivity index (χ1) is 9.40. The topological polar surface area (TPSA) is 63.0 Å². The largest absolute Gasteiger partial charge is 0.416 e. The van der Waals surface area contributed by atoms with E-state index in [0.717, 1.165) is 12.1 Å². The molecular formula is C12H13F3N4O. The minimum atomic E-state index is -4.35. The maximum absolute atomic E-state index is 12.4. The first-order valence-electron chi connectivity index (χ1n) is 5.85. The fourth-order valence-corrected chi connectivity index (χ4v) is 1.45. The van der Waals surface area contributed by atoms with Crippen LogP contribution < -0.4 is 10.6 Å². The Morgan fingerprint density at radius 3 is 2.35 bits per heavy atom. The van der Waals surface area contributed by atoms with Crippen LogP contribution in [-0.2, 0) is 6.18 Å². The molecule has 0 aliphatic carbocycles. The summed E-state index contributed by atoms with van der Waals surface area (Å²) in [5.74, 6) is 0.391. The molecule has 0 saturated carbocycles. The molecule has 0 aliphatic rings. The molecule has 0 spiro atoms. The average Bonchev–Trinajstić information content (AvgIpc) is 2.86. The van der Waals surface area contributed by atoms with E-state index in [1.807, 2.05) is 6.92 Å². The van der Waals surface area contributed by atoms with Gasteiger partial charge in [0.2, 0.25) is 5.89 Å². The van der Waals surface area contributed by atoms with Crippen molar-refractivity contribution in [3.05, 3.63) is 35.7 Å². The molecule has 5 nitrogen and oxygen atoms in total. The van der Waals surface area contributed by atoms with E-state index in [-0.39, 0.29) is 12.1 Å². The predicted molar refractivity (Wildman–Crippen MR) is 66.5 cm³/mol. The Morgan fingerprint density at radius 2 is 1.80 bits per heavy atom. The Kier molecular flexibility index (Phi) is 3.93. The molecule has 0 amide bonds. The van der Waals surface area contributed by atoms with Gasteiger partial charge in [-0.05, 0) is 38.2 Å². The van der Waals surface area contributed by atoms with Gasteiger partial charge in [0.15, 0.2) is 0 Å². The number of benzene rings is 1. The van der Waals surface area contributed by atoms with Crippen molar-refractivity contribution in [2.24, 2.45) is 0 Å². The molecule has 1 aromatic carbocycles. The molecule has 1 unspecified atom stereocenters. The SMILES string of the molecule is CNC(C)c1nnc(Nc2ccc(C(F)(F)F)cc2)o1. The van der Waals surface area contributed by atoms with E-state index in [2.05, 4.69) is 20.8 Å². The van der Waals surface area contributed by atoms with Gasteiger partial charge >= 0.3 is 12.2 Å². The van der Waals surface area contributed by atoms with E-state index in [0.29, 0.717) is 11.6 Å². The van der Waals surface area contributed by atoms with Gasteiger partial charge in [-0.25, -0.2) is 0 Å². The van der Waals surface area contributed by atoms with Gasteiger partial charge in [-0.1, -0.05) is 5.10 Å². The van der Waals surface area contributed by atoms with Gasteiger partial charge in [0.25, 0.3) is 0 Å². The van der Waals surface area contributed by atoms with Crippen LogP contribution in [0.3, 0.4) is 0 Å². The quantitative estimate of drug-likeness (QED) is 0.904. The summed E-state index contributed by atoms with van der Waals surface area (Å²) in [6, 6.07) is 4.58. The second kappa shape index (κ2) is 5.49. The third-order valence-corrected chi connectivity index (χ3v) is 2.71. The van der Waals surface area contributed by atoms with Crippen LogP contribution in [0.1, 0.15) is 24.4 Å². The van der Waals surface area contributed by atoms with Crippen molar-refractivity contribution in [1.82, 2.24) is 15.5 Å². The Hall–Kier alpha value is -2.09. The van der Waals surface area contributed by atoms with E-state index in [4.69, 9.17) is 4.42 Å². The summed E-state index contributed by atoms with van der Waals surface area (Å²) < 4.78 is 42.5. The highest BCUT2D eigenvalue weighted by Gasteiger charge is 2.29.